The minimum atomic E-state index is 1.04. The third-order valence-corrected chi connectivity index (χ3v) is 2.43. The molecule has 0 nitrogen and oxygen atoms in total. The molecular formula is C16H14. The highest BCUT2D eigenvalue weighted by molar-refractivity contribution is 5.60. The summed E-state index contributed by atoms with van der Waals surface area (Å²) < 4.78 is 0. The first-order chi connectivity index (χ1) is 7.74. The van der Waals surface area contributed by atoms with E-state index < -0.39 is 0 Å². The summed E-state index contributed by atoms with van der Waals surface area (Å²) in [7, 11) is 0. The van der Waals surface area contributed by atoms with E-state index in [0.29, 0.717) is 0 Å². The SMILES string of the molecule is C=c1ccc(=CC=c2ccc(=C)cc2)cc1. The van der Waals surface area contributed by atoms with Gasteiger partial charge in [0.25, 0.3) is 0 Å². The van der Waals surface area contributed by atoms with Crippen LogP contribution in [0.4, 0.5) is 0 Å². The summed E-state index contributed by atoms with van der Waals surface area (Å²) in [4.78, 5) is 0. The van der Waals surface area contributed by atoms with Crippen LogP contribution in [0, 0.1) is 0 Å². The number of rotatable bonds is 1. The van der Waals surface area contributed by atoms with Crippen molar-refractivity contribution in [2.75, 3.05) is 0 Å². The molecule has 2 rings (SSSR count). The molecule has 0 heterocycles. The lowest BCUT2D eigenvalue weighted by Gasteiger charge is -1.86. The highest BCUT2D eigenvalue weighted by Gasteiger charge is 1.78. The second-order valence-electron chi connectivity index (χ2n) is 3.82. The van der Waals surface area contributed by atoms with E-state index in [1.807, 2.05) is 24.3 Å². The van der Waals surface area contributed by atoms with Gasteiger partial charge in [-0.3, -0.25) is 0 Å². The Labute approximate surface area is 95.2 Å². The Kier molecular flexibility index (Phi) is 3.02. The molecule has 0 spiro atoms. The van der Waals surface area contributed by atoms with Crippen LogP contribution in [-0.4, -0.2) is 0 Å². The molecule has 0 unspecified atom stereocenters. The van der Waals surface area contributed by atoms with E-state index >= 15 is 0 Å². The van der Waals surface area contributed by atoms with Crippen molar-refractivity contribution in [2.24, 2.45) is 0 Å². The van der Waals surface area contributed by atoms with Crippen LogP contribution >= 0.6 is 0 Å². The molecule has 2 aromatic carbocycles. The van der Waals surface area contributed by atoms with Crippen LogP contribution in [0.5, 0.6) is 0 Å². The maximum absolute atomic E-state index is 3.86. The van der Waals surface area contributed by atoms with Crippen molar-refractivity contribution in [3.63, 3.8) is 0 Å². The topological polar surface area (TPSA) is 0 Å². The number of hydrogen-bond donors (Lipinski definition) is 0. The van der Waals surface area contributed by atoms with Gasteiger partial charge in [0.2, 0.25) is 0 Å². The molecule has 0 bridgehead atoms. The number of hydrogen-bond acceptors (Lipinski definition) is 0. The summed E-state index contributed by atoms with van der Waals surface area (Å²) >= 11 is 0. The van der Waals surface area contributed by atoms with Gasteiger partial charge in [0.1, 0.15) is 0 Å². The summed E-state index contributed by atoms with van der Waals surface area (Å²) in [5.41, 5.74) is 0. The second kappa shape index (κ2) is 4.63. The van der Waals surface area contributed by atoms with Crippen molar-refractivity contribution in [2.45, 2.75) is 0 Å². The molecule has 0 fully saturated rings. The second-order valence-corrected chi connectivity index (χ2v) is 3.82. The third-order valence-electron chi connectivity index (χ3n) is 2.43. The Bertz CT molecular complexity index is 583. The summed E-state index contributed by atoms with van der Waals surface area (Å²) in [6.45, 7) is 7.72. The Morgan fingerprint density at radius 3 is 1.19 bits per heavy atom. The summed E-state index contributed by atoms with van der Waals surface area (Å²) in [5.74, 6) is 0. The predicted molar refractivity (Wildman–Crippen MR) is 71.4 cm³/mol. The molecule has 0 aliphatic heterocycles. The van der Waals surface area contributed by atoms with Crippen molar-refractivity contribution in [3.8, 4) is 0 Å². The lowest BCUT2D eigenvalue weighted by Crippen LogP contribution is -2.07. The fourth-order valence-corrected chi connectivity index (χ4v) is 1.45. The van der Waals surface area contributed by atoms with Crippen molar-refractivity contribution in [1.29, 1.82) is 0 Å². The van der Waals surface area contributed by atoms with Crippen LogP contribution in [0.15, 0.2) is 48.5 Å². The van der Waals surface area contributed by atoms with E-state index in [9.17, 15) is 0 Å². The maximum Gasteiger partial charge on any atom is -0.0256 e. The Morgan fingerprint density at radius 1 is 0.562 bits per heavy atom. The average molecular weight is 206 g/mol. The van der Waals surface area contributed by atoms with E-state index in [0.717, 1.165) is 10.4 Å². The highest BCUT2D eigenvalue weighted by Crippen LogP contribution is 1.75. The average Bonchev–Trinajstić information content (AvgIpc) is 2.30. The predicted octanol–water partition coefficient (Wildman–Crippen LogP) is 0.768. The van der Waals surface area contributed by atoms with Crippen LogP contribution < -0.4 is 20.9 Å². The van der Waals surface area contributed by atoms with Crippen molar-refractivity contribution >= 4 is 25.3 Å². The van der Waals surface area contributed by atoms with Crippen molar-refractivity contribution < 1.29 is 0 Å². The lowest BCUT2D eigenvalue weighted by atomic mass is 10.2. The molecule has 0 atom stereocenters. The van der Waals surface area contributed by atoms with Crippen molar-refractivity contribution in [3.05, 3.63) is 69.4 Å². The zero-order chi connectivity index (χ0) is 11.4. The Morgan fingerprint density at radius 2 is 0.875 bits per heavy atom. The van der Waals surface area contributed by atoms with Crippen LogP contribution in [0.2, 0.25) is 0 Å². The van der Waals surface area contributed by atoms with Gasteiger partial charge in [-0.2, -0.15) is 0 Å². The molecular weight excluding hydrogens is 192 g/mol. The van der Waals surface area contributed by atoms with Gasteiger partial charge in [-0.1, -0.05) is 73.8 Å². The van der Waals surface area contributed by atoms with Crippen LogP contribution in [0.3, 0.4) is 0 Å². The van der Waals surface area contributed by atoms with E-state index in [4.69, 9.17) is 0 Å². The summed E-state index contributed by atoms with van der Waals surface area (Å²) in [5, 5.41) is 4.45. The number of benzene rings is 2. The van der Waals surface area contributed by atoms with E-state index in [1.54, 1.807) is 0 Å². The molecule has 0 saturated carbocycles. The molecule has 0 aromatic heterocycles. The van der Waals surface area contributed by atoms with Gasteiger partial charge < -0.3 is 0 Å². The molecule has 2 aromatic rings. The zero-order valence-corrected chi connectivity index (χ0v) is 9.19. The van der Waals surface area contributed by atoms with E-state index in [-0.39, 0.29) is 0 Å². The molecule has 0 heteroatoms. The standard InChI is InChI=1S/C16H14/c1-13-3-7-15(8-4-13)11-12-16-9-5-14(2)6-10-16/h3-12H,1-2H2. The molecule has 0 saturated heterocycles. The van der Waals surface area contributed by atoms with E-state index in [2.05, 4.69) is 49.6 Å². The van der Waals surface area contributed by atoms with Gasteiger partial charge in [0.05, 0.1) is 0 Å². The smallest absolute Gasteiger partial charge is 0.0256 e. The summed E-state index contributed by atoms with van der Waals surface area (Å²) in [6, 6.07) is 16.3. The lowest BCUT2D eigenvalue weighted by molar-refractivity contribution is 1.55. The van der Waals surface area contributed by atoms with Crippen LogP contribution in [-0.2, 0) is 0 Å². The normalized spacial score (nSPS) is 9.75. The molecule has 0 N–H and O–H groups in total. The quantitative estimate of drug-likeness (QED) is 0.646. The molecule has 0 amide bonds. The van der Waals surface area contributed by atoms with Gasteiger partial charge in [-0.05, 0) is 20.9 Å². The fraction of sp³-hybridized carbons (Fsp3) is 0. The summed E-state index contributed by atoms with van der Waals surface area (Å²) in [6.07, 6.45) is 4.19. The van der Waals surface area contributed by atoms with Crippen LogP contribution in [0.25, 0.3) is 25.3 Å². The van der Waals surface area contributed by atoms with Crippen molar-refractivity contribution in [1.82, 2.24) is 0 Å². The minimum absolute atomic E-state index is 1.04. The molecule has 0 radical (unpaired) electrons. The van der Waals surface area contributed by atoms with E-state index in [1.165, 1.54) is 10.4 Å². The molecule has 0 aliphatic rings. The van der Waals surface area contributed by atoms with Gasteiger partial charge >= 0.3 is 0 Å². The first kappa shape index (κ1) is 10.4. The maximum atomic E-state index is 3.86. The monoisotopic (exact) mass is 206 g/mol. The van der Waals surface area contributed by atoms with Gasteiger partial charge in [-0.15, -0.1) is 0 Å². The first-order valence-electron chi connectivity index (χ1n) is 5.26. The fourth-order valence-electron chi connectivity index (χ4n) is 1.45. The Balaban J connectivity index is 2.42. The largest absolute Gasteiger partial charge is 0.0918 e. The molecule has 0 aliphatic carbocycles. The van der Waals surface area contributed by atoms with Gasteiger partial charge in [0.15, 0.2) is 0 Å². The third kappa shape index (κ3) is 2.71. The molecule has 78 valence electrons. The zero-order valence-electron chi connectivity index (χ0n) is 9.19. The Hall–Kier alpha value is -2.08. The van der Waals surface area contributed by atoms with Gasteiger partial charge in [0, 0.05) is 0 Å². The molecule has 16 heavy (non-hydrogen) atoms. The van der Waals surface area contributed by atoms with Crippen LogP contribution in [0.1, 0.15) is 0 Å². The minimum Gasteiger partial charge on any atom is -0.0918 e. The van der Waals surface area contributed by atoms with Gasteiger partial charge in [-0.25, -0.2) is 0 Å². The highest BCUT2D eigenvalue weighted by atomic mass is 13.8. The first-order valence-corrected chi connectivity index (χ1v) is 5.26.